The first kappa shape index (κ1) is 16.7. The van der Waals surface area contributed by atoms with Crippen LogP contribution in [-0.4, -0.2) is 40.0 Å². The zero-order valence-corrected chi connectivity index (χ0v) is 13.1. The van der Waals surface area contributed by atoms with Gasteiger partial charge in [0.05, 0.1) is 19.3 Å². The van der Waals surface area contributed by atoms with Gasteiger partial charge in [-0.3, -0.25) is 9.59 Å². The summed E-state index contributed by atoms with van der Waals surface area (Å²) in [6, 6.07) is 9.81. The summed E-state index contributed by atoms with van der Waals surface area (Å²) in [6.45, 7) is 3.08. The minimum atomic E-state index is -0.298. The van der Waals surface area contributed by atoms with Crippen LogP contribution in [0.15, 0.2) is 36.5 Å². The lowest BCUT2D eigenvalue weighted by molar-refractivity contribution is -0.143. The summed E-state index contributed by atoms with van der Waals surface area (Å²) in [5.74, 6) is -0.552. The van der Waals surface area contributed by atoms with E-state index in [-0.39, 0.29) is 24.0 Å². The van der Waals surface area contributed by atoms with Crippen molar-refractivity contribution >= 4 is 11.9 Å². The summed E-state index contributed by atoms with van der Waals surface area (Å²) in [6.07, 6.45) is 2.42. The van der Waals surface area contributed by atoms with Crippen molar-refractivity contribution in [2.75, 3.05) is 13.2 Å². The highest BCUT2D eigenvalue weighted by Gasteiger charge is 2.10. The van der Waals surface area contributed by atoms with E-state index in [1.165, 1.54) is 0 Å². The van der Waals surface area contributed by atoms with E-state index in [4.69, 9.17) is 4.74 Å². The van der Waals surface area contributed by atoms with Crippen LogP contribution in [0.5, 0.6) is 0 Å². The average molecular weight is 316 g/mol. The van der Waals surface area contributed by atoms with E-state index in [2.05, 4.69) is 15.6 Å². The largest absolute Gasteiger partial charge is 0.466 e. The van der Waals surface area contributed by atoms with Gasteiger partial charge in [0.2, 0.25) is 0 Å². The molecule has 7 nitrogen and oxygen atoms in total. The number of aromatic nitrogens is 3. The van der Waals surface area contributed by atoms with Crippen LogP contribution in [-0.2, 0) is 16.1 Å². The van der Waals surface area contributed by atoms with E-state index in [0.29, 0.717) is 26.1 Å². The van der Waals surface area contributed by atoms with Crippen molar-refractivity contribution in [1.29, 1.82) is 0 Å². The van der Waals surface area contributed by atoms with Crippen molar-refractivity contribution in [3.05, 3.63) is 47.8 Å². The van der Waals surface area contributed by atoms with Crippen molar-refractivity contribution in [2.24, 2.45) is 0 Å². The van der Waals surface area contributed by atoms with Crippen LogP contribution in [0.25, 0.3) is 0 Å². The highest BCUT2D eigenvalue weighted by Crippen LogP contribution is 2.02. The van der Waals surface area contributed by atoms with Gasteiger partial charge in [-0.15, -0.1) is 5.10 Å². The third kappa shape index (κ3) is 5.54. The number of amides is 1. The average Bonchev–Trinajstić information content (AvgIpc) is 3.01. The summed E-state index contributed by atoms with van der Waals surface area (Å²) in [5.41, 5.74) is 1.34. The number of esters is 1. The van der Waals surface area contributed by atoms with E-state index in [0.717, 1.165) is 5.56 Å². The Labute approximate surface area is 134 Å². The van der Waals surface area contributed by atoms with E-state index >= 15 is 0 Å². The zero-order chi connectivity index (χ0) is 16.5. The molecule has 1 amide bonds. The van der Waals surface area contributed by atoms with Gasteiger partial charge >= 0.3 is 5.97 Å². The van der Waals surface area contributed by atoms with Crippen molar-refractivity contribution in [3.8, 4) is 0 Å². The standard InChI is InChI=1S/C16H20N4O3/c1-2-23-15(21)9-6-10-17-16(22)14-12-20(19-18-14)11-13-7-4-3-5-8-13/h3-5,7-8,12H,2,6,9-11H2,1H3,(H,17,22). The summed E-state index contributed by atoms with van der Waals surface area (Å²) in [4.78, 5) is 23.1. The molecule has 0 aliphatic heterocycles. The number of ether oxygens (including phenoxy) is 1. The molecule has 0 atom stereocenters. The molecule has 0 unspecified atom stereocenters. The summed E-state index contributed by atoms with van der Waals surface area (Å²) in [7, 11) is 0. The smallest absolute Gasteiger partial charge is 0.305 e. The van der Waals surface area contributed by atoms with Crippen molar-refractivity contribution in [1.82, 2.24) is 20.3 Å². The van der Waals surface area contributed by atoms with Crippen LogP contribution < -0.4 is 5.32 Å². The maximum atomic E-state index is 11.9. The van der Waals surface area contributed by atoms with Gasteiger partial charge < -0.3 is 10.1 Å². The van der Waals surface area contributed by atoms with Crippen molar-refractivity contribution in [2.45, 2.75) is 26.3 Å². The Hall–Kier alpha value is -2.70. The number of nitrogens with zero attached hydrogens (tertiary/aromatic N) is 3. The molecular weight excluding hydrogens is 296 g/mol. The first-order chi connectivity index (χ1) is 11.2. The van der Waals surface area contributed by atoms with Crippen LogP contribution in [0, 0.1) is 0 Å². The first-order valence-corrected chi connectivity index (χ1v) is 7.57. The Bertz CT molecular complexity index is 640. The molecule has 23 heavy (non-hydrogen) atoms. The molecule has 1 aromatic heterocycles. The number of benzene rings is 1. The molecule has 0 saturated heterocycles. The number of carbonyl (C=O) groups excluding carboxylic acids is 2. The lowest BCUT2D eigenvalue weighted by Gasteiger charge is -2.03. The zero-order valence-electron chi connectivity index (χ0n) is 13.1. The highest BCUT2D eigenvalue weighted by atomic mass is 16.5. The predicted octanol–water partition coefficient (Wildman–Crippen LogP) is 1.40. The number of carbonyl (C=O) groups is 2. The number of rotatable bonds is 8. The minimum absolute atomic E-state index is 0.254. The number of hydrogen-bond acceptors (Lipinski definition) is 5. The second-order valence-corrected chi connectivity index (χ2v) is 4.95. The minimum Gasteiger partial charge on any atom is -0.466 e. The number of nitrogens with one attached hydrogen (secondary N) is 1. The monoisotopic (exact) mass is 316 g/mol. The molecule has 0 aliphatic carbocycles. The SMILES string of the molecule is CCOC(=O)CCCNC(=O)c1cn(Cc2ccccc2)nn1. The molecule has 0 radical (unpaired) electrons. The lowest BCUT2D eigenvalue weighted by atomic mass is 10.2. The van der Waals surface area contributed by atoms with Crippen LogP contribution in [0.2, 0.25) is 0 Å². The molecule has 2 aromatic rings. The summed E-state index contributed by atoms with van der Waals surface area (Å²) >= 11 is 0. The Morgan fingerprint density at radius 2 is 2.04 bits per heavy atom. The van der Waals surface area contributed by atoms with E-state index in [1.807, 2.05) is 30.3 Å². The van der Waals surface area contributed by atoms with Crippen molar-refractivity contribution < 1.29 is 14.3 Å². The van der Waals surface area contributed by atoms with Gasteiger partial charge in [-0.05, 0) is 18.9 Å². The molecule has 7 heteroatoms. The fourth-order valence-electron chi connectivity index (χ4n) is 2.01. The second-order valence-electron chi connectivity index (χ2n) is 4.95. The highest BCUT2D eigenvalue weighted by molar-refractivity contribution is 5.91. The molecule has 0 fully saturated rings. The Morgan fingerprint density at radius 3 is 2.78 bits per heavy atom. The van der Waals surface area contributed by atoms with Crippen LogP contribution in [0.3, 0.4) is 0 Å². The molecule has 1 aromatic carbocycles. The molecule has 1 heterocycles. The Balaban J connectivity index is 1.76. The van der Waals surface area contributed by atoms with Crippen LogP contribution in [0.4, 0.5) is 0 Å². The van der Waals surface area contributed by atoms with Gasteiger partial charge in [0.15, 0.2) is 5.69 Å². The normalized spacial score (nSPS) is 10.3. The van der Waals surface area contributed by atoms with E-state index < -0.39 is 0 Å². The lowest BCUT2D eigenvalue weighted by Crippen LogP contribution is -2.25. The van der Waals surface area contributed by atoms with E-state index in [1.54, 1.807) is 17.8 Å². The van der Waals surface area contributed by atoms with Gasteiger partial charge in [-0.2, -0.15) is 0 Å². The fourth-order valence-corrected chi connectivity index (χ4v) is 2.01. The van der Waals surface area contributed by atoms with Gasteiger partial charge in [0.25, 0.3) is 5.91 Å². The van der Waals surface area contributed by atoms with Crippen molar-refractivity contribution in [3.63, 3.8) is 0 Å². The van der Waals surface area contributed by atoms with Gasteiger partial charge in [-0.25, -0.2) is 4.68 Å². The van der Waals surface area contributed by atoms with Gasteiger partial charge in [0, 0.05) is 13.0 Å². The van der Waals surface area contributed by atoms with E-state index in [9.17, 15) is 9.59 Å². The molecule has 2 rings (SSSR count). The maximum Gasteiger partial charge on any atom is 0.305 e. The molecule has 0 bridgehead atoms. The molecular formula is C16H20N4O3. The Kier molecular flexibility index (Phi) is 6.28. The van der Waals surface area contributed by atoms with Gasteiger partial charge in [-0.1, -0.05) is 35.5 Å². The predicted molar refractivity (Wildman–Crippen MR) is 83.8 cm³/mol. The quantitative estimate of drug-likeness (QED) is 0.587. The molecule has 0 spiro atoms. The molecule has 122 valence electrons. The third-order valence-corrected chi connectivity index (χ3v) is 3.11. The van der Waals surface area contributed by atoms with Crippen LogP contribution >= 0.6 is 0 Å². The van der Waals surface area contributed by atoms with Gasteiger partial charge in [0.1, 0.15) is 0 Å². The topological polar surface area (TPSA) is 86.1 Å². The molecule has 0 saturated carbocycles. The fraction of sp³-hybridized carbons (Fsp3) is 0.375. The summed E-state index contributed by atoms with van der Waals surface area (Å²) in [5, 5.41) is 10.5. The van der Waals surface area contributed by atoms with Crippen LogP contribution in [0.1, 0.15) is 35.8 Å². The number of hydrogen-bond donors (Lipinski definition) is 1. The molecule has 1 N–H and O–H groups in total. The molecule has 0 aliphatic rings. The third-order valence-electron chi connectivity index (χ3n) is 3.11. The Morgan fingerprint density at radius 1 is 1.26 bits per heavy atom. The first-order valence-electron chi connectivity index (χ1n) is 7.57. The second kappa shape index (κ2) is 8.67. The summed E-state index contributed by atoms with van der Waals surface area (Å²) < 4.78 is 6.43. The maximum absolute atomic E-state index is 11.9.